The topological polar surface area (TPSA) is 93.5 Å². The van der Waals surface area contributed by atoms with E-state index in [1.54, 1.807) is 23.9 Å². The zero-order chi connectivity index (χ0) is 22.0. The average molecular weight is 419 g/mol. The Morgan fingerprint density at radius 1 is 1.13 bits per heavy atom. The number of carbonyl (C=O) groups is 1. The maximum absolute atomic E-state index is 14.4. The molecular weight excluding hydrogens is 401 g/mol. The summed E-state index contributed by atoms with van der Waals surface area (Å²) in [7, 11) is 1.80. The summed E-state index contributed by atoms with van der Waals surface area (Å²) in [5.74, 6) is -0.408. The Balaban J connectivity index is 1.70. The van der Waals surface area contributed by atoms with E-state index < -0.39 is 23.2 Å². The third-order valence-corrected chi connectivity index (χ3v) is 4.88. The van der Waals surface area contributed by atoms with Gasteiger partial charge < -0.3 is 19.7 Å². The Bertz CT molecular complexity index is 1320. The number of hydrogen-bond acceptors (Lipinski definition) is 5. The Kier molecular flexibility index (Phi) is 5.36. The van der Waals surface area contributed by atoms with Crippen LogP contribution in [0.15, 0.2) is 71.8 Å². The molecule has 156 valence electrons. The van der Waals surface area contributed by atoms with E-state index in [0.717, 1.165) is 28.6 Å². The van der Waals surface area contributed by atoms with Gasteiger partial charge in [0.15, 0.2) is 5.75 Å². The van der Waals surface area contributed by atoms with Crippen LogP contribution in [0.5, 0.6) is 5.75 Å². The SMILES string of the molecule is CNc1ccc(-c2ccc(Cn3cc(OC(=O)O)c(=O)c4c(F)cccc43)cc2)cn1. The predicted octanol–water partition coefficient (Wildman–Crippen LogP) is 4.35. The van der Waals surface area contributed by atoms with Gasteiger partial charge in [-0.1, -0.05) is 30.3 Å². The highest BCUT2D eigenvalue weighted by atomic mass is 19.1. The van der Waals surface area contributed by atoms with Crippen molar-refractivity contribution >= 4 is 22.9 Å². The summed E-state index contributed by atoms with van der Waals surface area (Å²) in [5.41, 5.74) is 2.35. The zero-order valence-electron chi connectivity index (χ0n) is 16.5. The van der Waals surface area contributed by atoms with Gasteiger partial charge in [0.1, 0.15) is 11.6 Å². The summed E-state index contributed by atoms with van der Waals surface area (Å²) in [6.07, 6.45) is 1.42. The molecule has 0 aliphatic heterocycles. The minimum Gasteiger partial charge on any atom is -0.449 e. The molecule has 0 radical (unpaired) electrons. The van der Waals surface area contributed by atoms with Crippen LogP contribution in [-0.2, 0) is 6.54 Å². The molecule has 8 heteroatoms. The van der Waals surface area contributed by atoms with Crippen molar-refractivity contribution in [2.45, 2.75) is 6.54 Å². The van der Waals surface area contributed by atoms with Crippen molar-refractivity contribution in [2.24, 2.45) is 0 Å². The van der Waals surface area contributed by atoms with E-state index in [1.807, 2.05) is 36.4 Å². The number of nitrogens with one attached hydrogen (secondary N) is 1. The summed E-state index contributed by atoms with van der Waals surface area (Å²) >= 11 is 0. The van der Waals surface area contributed by atoms with E-state index in [-0.39, 0.29) is 11.9 Å². The lowest BCUT2D eigenvalue weighted by Crippen LogP contribution is -2.17. The molecule has 0 bridgehead atoms. The van der Waals surface area contributed by atoms with Crippen LogP contribution in [-0.4, -0.2) is 27.9 Å². The molecule has 0 atom stereocenters. The minimum absolute atomic E-state index is 0.214. The normalized spacial score (nSPS) is 10.8. The number of carboxylic acid groups (broad SMARTS) is 1. The molecule has 0 amide bonds. The van der Waals surface area contributed by atoms with Gasteiger partial charge in [0, 0.05) is 25.4 Å². The lowest BCUT2D eigenvalue weighted by molar-refractivity contribution is 0.144. The molecule has 0 unspecified atom stereocenters. The van der Waals surface area contributed by atoms with Crippen LogP contribution in [0.2, 0.25) is 0 Å². The van der Waals surface area contributed by atoms with Crippen molar-refractivity contribution in [2.75, 3.05) is 12.4 Å². The van der Waals surface area contributed by atoms with E-state index in [1.165, 1.54) is 12.3 Å². The lowest BCUT2D eigenvalue weighted by Gasteiger charge is -2.14. The van der Waals surface area contributed by atoms with E-state index in [0.29, 0.717) is 5.52 Å². The van der Waals surface area contributed by atoms with Gasteiger partial charge in [-0.2, -0.15) is 0 Å². The number of hydrogen-bond donors (Lipinski definition) is 2. The summed E-state index contributed by atoms with van der Waals surface area (Å²) in [6.45, 7) is 0.285. The summed E-state index contributed by atoms with van der Waals surface area (Å²) in [4.78, 5) is 27.7. The average Bonchev–Trinajstić information content (AvgIpc) is 2.77. The fraction of sp³-hybridized carbons (Fsp3) is 0.0870. The molecule has 4 aromatic rings. The largest absolute Gasteiger partial charge is 0.511 e. The molecule has 0 aliphatic rings. The van der Waals surface area contributed by atoms with Gasteiger partial charge in [-0.05, 0) is 35.4 Å². The number of nitrogens with zero attached hydrogens (tertiary/aromatic N) is 2. The molecule has 0 saturated heterocycles. The van der Waals surface area contributed by atoms with Gasteiger partial charge in [0.2, 0.25) is 5.43 Å². The third-order valence-electron chi connectivity index (χ3n) is 4.88. The summed E-state index contributed by atoms with van der Waals surface area (Å²) < 4.78 is 20.5. The van der Waals surface area contributed by atoms with Crippen LogP contribution in [0, 0.1) is 5.82 Å². The third kappa shape index (κ3) is 4.09. The molecule has 0 aliphatic carbocycles. The first-order chi connectivity index (χ1) is 15.0. The van der Waals surface area contributed by atoms with E-state index >= 15 is 0 Å². The smallest absolute Gasteiger partial charge is 0.449 e. The Morgan fingerprint density at radius 3 is 2.52 bits per heavy atom. The molecule has 2 heterocycles. The highest BCUT2D eigenvalue weighted by Gasteiger charge is 2.16. The van der Waals surface area contributed by atoms with Crippen molar-refractivity contribution in [3.05, 3.63) is 88.6 Å². The molecule has 2 aromatic heterocycles. The number of rotatable bonds is 5. The van der Waals surface area contributed by atoms with E-state index in [9.17, 15) is 14.0 Å². The van der Waals surface area contributed by atoms with Gasteiger partial charge in [-0.25, -0.2) is 14.2 Å². The number of anilines is 1. The molecular formula is C23H18FN3O4. The van der Waals surface area contributed by atoms with Crippen LogP contribution >= 0.6 is 0 Å². The maximum Gasteiger partial charge on any atom is 0.511 e. The Labute approximate surface area is 176 Å². The van der Waals surface area contributed by atoms with Crippen molar-refractivity contribution in [1.82, 2.24) is 9.55 Å². The molecule has 4 rings (SSSR count). The van der Waals surface area contributed by atoms with E-state index in [4.69, 9.17) is 5.11 Å². The number of fused-ring (bicyclic) bond motifs is 1. The zero-order valence-corrected chi connectivity index (χ0v) is 16.5. The highest BCUT2D eigenvalue weighted by molar-refractivity contribution is 5.81. The monoisotopic (exact) mass is 419 g/mol. The lowest BCUT2D eigenvalue weighted by atomic mass is 10.1. The minimum atomic E-state index is -1.64. The number of pyridine rings is 2. The molecule has 2 aromatic carbocycles. The molecule has 7 nitrogen and oxygen atoms in total. The highest BCUT2D eigenvalue weighted by Crippen LogP contribution is 2.23. The van der Waals surface area contributed by atoms with Crippen LogP contribution in [0.25, 0.3) is 22.0 Å². The van der Waals surface area contributed by atoms with Gasteiger partial charge in [-0.15, -0.1) is 0 Å². The van der Waals surface area contributed by atoms with Gasteiger partial charge in [0.05, 0.1) is 17.1 Å². The van der Waals surface area contributed by atoms with Gasteiger partial charge in [0.25, 0.3) is 0 Å². The Hall–Kier alpha value is -4.20. The number of benzene rings is 2. The molecule has 0 saturated carbocycles. The standard InChI is InChI=1S/C23H18FN3O4/c1-25-20-10-9-16(11-26-20)15-7-5-14(6-8-15)12-27-13-19(31-23(29)30)22(28)21-17(24)3-2-4-18(21)27/h2-11,13H,12H2,1H3,(H,25,26)(H,29,30). The van der Waals surface area contributed by atoms with Crippen molar-refractivity contribution in [3.63, 3.8) is 0 Å². The molecule has 2 N–H and O–H groups in total. The van der Waals surface area contributed by atoms with Gasteiger partial charge in [-0.3, -0.25) is 4.79 Å². The second-order valence-corrected chi connectivity index (χ2v) is 6.83. The number of aromatic nitrogens is 2. The van der Waals surface area contributed by atoms with Crippen molar-refractivity contribution in [3.8, 4) is 16.9 Å². The fourth-order valence-electron chi connectivity index (χ4n) is 3.38. The first kappa shape index (κ1) is 20.1. The predicted molar refractivity (Wildman–Crippen MR) is 115 cm³/mol. The van der Waals surface area contributed by atoms with Crippen LogP contribution < -0.4 is 15.5 Å². The first-order valence-corrected chi connectivity index (χ1v) is 9.42. The molecule has 0 spiro atoms. The maximum atomic E-state index is 14.4. The fourth-order valence-corrected chi connectivity index (χ4v) is 3.38. The quantitative estimate of drug-likeness (QED) is 0.467. The van der Waals surface area contributed by atoms with Crippen molar-refractivity contribution in [1.29, 1.82) is 0 Å². The first-order valence-electron chi connectivity index (χ1n) is 9.42. The van der Waals surface area contributed by atoms with Crippen molar-refractivity contribution < 1.29 is 19.0 Å². The van der Waals surface area contributed by atoms with Gasteiger partial charge >= 0.3 is 6.16 Å². The Morgan fingerprint density at radius 2 is 1.87 bits per heavy atom. The molecule has 0 fully saturated rings. The summed E-state index contributed by atoms with van der Waals surface area (Å²) in [5, 5.41) is 11.7. The second-order valence-electron chi connectivity index (χ2n) is 6.83. The second kappa shape index (κ2) is 8.27. The van der Waals surface area contributed by atoms with Crippen LogP contribution in [0.4, 0.5) is 15.0 Å². The molecule has 31 heavy (non-hydrogen) atoms. The number of halogens is 1. The van der Waals surface area contributed by atoms with Crippen LogP contribution in [0.3, 0.4) is 0 Å². The van der Waals surface area contributed by atoms with E-state index in [2.05, 4.69) is 15.0 Å². The number of ether oxygens (including phenoxy) is 1. The summed E-state index contributed by atoms with van der Waals surface area (Å²) in [6, 6.07) is 15.8. The van der Waals surface area contributed by atoms with Crippen LogP contribution in [0.1, 0.15) is 5.56 Å².